The van der Waals surface area contributed by atoms with Crippen LogP contribution >= 0.6 is 31.9 Å². The van der Waals surface area contributed by atoms with Crippen LogP contribution in [0.25, 0.3) is 0 Å². The molecule has 94 valence electrons. The SMILES string of the molecule is Nc1ccc(COc2ccc(F)c(Br)c2)c(Br)c1. The molecular weight excluding hydrogens is 365 g/mol. The van der Waals surface area contributed by atoms with E-state index in [0.29, 0.717) is 22.5 Å². The second kappa shape index (κ2) is 5.71. The van der Waals surface area contributed by atoms with Gasteiger partial charge in [-0.15, -0.1) is 0 Å². The molecule has 0 heterocycles. The van der Waals surface area contributed by atoms with Crippen molar-refractivity contribution in [2.24, 2.45) is 0 Å². The fourth-order valence-corrected chi connectivity index (χ4v) is 2.28. The van der Waals surface area contributed by atoms with Crippen LogP contribution in [-0.2, 0) is 6.61 Å². The molecule has 0 amide bonds. The number of hydrogen-bond acceptors (Lipinski definition) is 2. The zero-order valence-electron chi connectivity index (χ0n) is 9.29. The molecule has 2 nitrogen and oxygen atoms in total. The lowest BCUT2D eigenvalue weighted by Crippen LogP contribution is -1.97. The number of anilines is 1. The van der Waals surface area contributed by atoms with Crippen molar-refractivity contribution in [2.75, 3.05) is 5.73 Å². The first-order valence-corrected chi connectivity index (χ1v) is 6.76. The quantitative estimate of drug-likeness (QED) is 0.802. The molecule has 0 fully saturated rings. The lowest BCUT2D eigenvalue weighted by molar-refractivity contribution is 0.305. The van der Waals surface area contributed by atoms with Crippen molar-refractivity contribution in [1.29, 1.82) is 0 Å². The highest BCUT2D eigenvalue weighted by Crippen LogP contribution is 2.24. The van der Waals surface area contributed by atoms with Crippen LogP contribution in [0.5, 0.6) is 5.75 Å². The van der Waals surface area contributed by atoms with E-state index in [4.69, 9.17) is 10.5 Å². The van der Waals surface area contributed by atoms with Crippen LogP contribution < -0.4 is 10.5 Å². The van der Waals surface area contributed by atoms with Crippen molar-refractivity contribution in [3.05, 3.63) is 56.7 Å². The molecule has 0 unspecified atom stereocenters. The number of nitrogen functional groups attached to an aromatic ring is 1. The molecule has 0 spiro atoms. The lowest BCUT2D eigenvalue weighted by Gasteiger charge is -2.09. The zero-order valence-corrected chi connectivity index (χ0v) is 12.5. The smallest absolute Gasteiger partial charge is 0.137 e. The van der Waals surface area contributed by atoms with Gasteiger partial charge in [-0.25, -0.2) is 4.39 Å². The molecule has 0 saturated heterocycles. The van der Waals surface area contributed by atoms with Gasteiger partial charge < -0.3 is 10.5 Å². The molecular formula is C13H10Br2FNO. The summed E-state index contributed by atoms with van der Waals surface area (Å²) in [5.41, 5.74) is 7.32. The van der Waals surface area contributed by atoms with Crippen LogP contribution in [0.15, 0.2) is 45.3 Å². The standard InChI is InChI=1S/C13H10Br2FNO/c14-11-5-9(17)2-1-8(11)7-18-10-3-4-13(16)12(15)6-10/h1-6H,7,17H2. The molecule has 0 atom stereocenters. The fraction of sp³-hybridized carbons (Fsp3) is 0.0769. The van der Waals surface area contributed by atoms with Crippen molar-refractivity contribution in [3.63, 3.8) is 0 Å². The van der Waals surface area contributed by atoms with Gasteiger partial charge in [0.2, 0.25) is 0 Å². The Labute approximate surface area is 121 Å². The van der Waals surface area contributed by atoms with Gasteiger partial charge in [0.15, 0.2) is 0 Å². The topological polar surface area (TPSA) is 35.2 Å². The van der Waals surface area contributed by atoms with E-state index in [1.165, 1.54) is 6.07 Å². The third-order valence-corrected chi connectivity index (χ3v) is 3.71. The molecule has 0 radical (unpaired) electrons. The van der Waals surface area contributed by atoms with Gasteiger partial charge in [0.1, 0.15) is 18.2 Å². The summed E-state index contributed by atoms with van der Waals surface area (Å²) in [6.45, 7) is 0.388. The Morgan fingerprint density at radius 3 is 2.50 bits per heavy atom. The highest BCUT2D eigenvalue weighted by molar-refractivity contribution is 9.10. The Hall–Kier alpha value is -1.07. The maximum atomic E-state index is 13.0. The largest absolute Gasteiger partial charge is 0.489 e. The first kappa shape index (κ1) is 13.4. The Balaban J connectivity index is 2.09. The van der Waals surface area contributed by atoms with Gasteiger partial charge in [0.05, 0.1) is 4.47 Å². The molecule has 0 aliphatic heterocycles. The van der Waals surface area contributed by atoms with E-state index < -0.39 is 0 Å². The molecule has 0 aliphatic rings. The number of nitrogens with two attached hydrogens (primary N) is 1. The minimum absolute atomic E-state index is 0.309. The Bertz CT molecular complexity index is 575. The number of hydrogen-bond donors (Lipinski definition) is 1. The summed E-state index contributed by atoms with van der Waals surface area (Å²) in [5.74, 6) is 0.294. The van der Waals surface area contributed by atoms with E-state index in [2.05, 4.69) is 31.9 Å². The van der Waals surface area contributed by atoms with Crippen LogP contribution in [0, 0.1) is 5.82 Å². The molecule has 2 aromatic rings. The van der Waals surface area contributed by atoms with Crippen molar-refractivity contribution in [3.8, 4) is 5.75 Å². The summed E-state index contributed by atoms with van der Waals surface area (Å²) in [7, 11) is 0. The van der Waals surface area contributed by atoms with E-state index in [-0.39, 0.29) is 5.82 Å². The first-order valence-electron chi connectivity index (χ1n) is 5.18. The Kier molecular flexibility index (Phi) is 4.24. The van der Waals surface area contributed by atoms with Crippen LogP contribution in [-0.4, -0.2) is 0 Å². The first-order chi connectivity index (χ1) is 8.56. The third kappa shape index (κ3) is 3.23. The molecule has 0 aliphatic carbocycles. The average Bonchev–Trinajstić information content (AvgIpc) is 2.32. The van der Waals surface area contributed by atoms with Gasteiger partial charge in [-0.3, -0.25) is 0 Å². The lowest BCUT2D eigenvalue weighted by atomic mass is 10.2. The maximum Gasteiger partial charge on any atom is 0.137 e. The molecule has 0 bridgehead atoms. The van der Waals surface area contributed by atoms with Gasteiger partial charge in [-0.2, -0.15) is 0 Å². The summed E-state index contributed by atoms with van der Waals surface area (Å²) in [6.07, 6.45) is 0. The van der Waals surface area contributed by atoms with Gasteiger partial charge in [-0.1, -0.05) is 22.0 Å². The van der Waals surface area contributed by atoms with E-state index in [1.807, 2.05) is 18.2 Å². The predicted octanol–water partition coefficient (Wildman–Crippen LogP) is 4.51. The van der Waals surface area contributed by atoms with Crippen LogP contribution in [0.3, 0.4) is 0 Å². The zero-order chi connectivity index (χ0) is 13.1. The van der Waals surface area contributed by atoms with Crippen LogP contribution in [0.4, 0.5) is 10.1 Å². The molecule has 2 aromatic carbocycles. The monoisotopic (exact) mass is 373 g/mol. The second-order valence-corrected chi connectivity index (χ2v) is 5.42. The van der Waals surface area contributed by atoms with Gasteiger partial charge >= 0.3 is 0 Å². The summed E-state index contributed by atoms with van der Waals surface area (Å²) in [6, 6.07) is 10.1. The molecule has 18 heavy (non-hydrogen) atoms. The van der Waals surface area contributed by atoms with Crippen LogP contribution in [0.1, 0.15) is 5.56 Å². The number of benzene rings is 2. The van der Waals surface area contributed by atoms with Gasteiger partial charge in [0.25, 0.3) is 0 Å². The minimum Gasteiger partial charge on any atom is -0.489 e. The summed E-state index contributed by atoms with van der Waals surface area (Å²) in [4.78, 5) is 0. The fourth-order valence-electron chi connectivity index (χ4n) is 1.41. The minimum atomic E-state index is -0.309. The third-order valence-electron chi connectivity index (χ3n) is 2.36. The van der Waals surface area contributed by atoms with E-state index in [0.717, 1.165) is 10.0 Å². The van der Waals surface area contributed by atoms with Gasteiger partial charge in [-0.05, 0) is 46.3 Å². The highest BCUT2D eigenvalue weighted by Gasteiger charge is 2.04. The Morgan fingerprint density at radius 2 is 1.83 bits per heavy atom. The van der Waals surface area contributed by atoms with Crippen molar-refractivity contribution >= 4 is 37.5 Å². The highest BCUT2D eigenvalue weighted by atomic mass is 79.9. The molecule has 5 heteroatoms. The second-order valence-electron chi connectivity index (χ2n) is 3.72. The van der Waals surface area contributed by atoms with E-state index >= 15 is 0 Å². The molecule has 2 rings (SSSR count). The van der Waals surface area contributed by atoms with E-state index in [1.54, 1.807) is 12.1 Å². The molecule has 0 saturated carbocycles. The van der Waals surface area contributed by atoms with E-state index in [9.17, 15) is 4.39 Å². The predicted molar refractivity (Wildman–Crippen MR) is 77.0 cm³/mol. The number of ether oxygens (including phenoxy) is 1. The Morgan fingerprint density at radius 1 is 1.06 bits per heavy atom. The number of halogens is 3. The average molecular weight is 375 g/mol. The normalized spacial score (nSPS) is 10.4. The van der Waals surface area contributed by atoms with Gasteiger partial charge in [0, 0.05) is 15.7 Å². The van der Waals surface area contributed by atoms with Crippen LogP contribution in [0.2, 0.25) is 0 Å². The molecule has 0 aromatic heterocycles. The van der Waals surface area contributed by atoms with Crippen molar-refractivity contribution in [2.45, 2.75) is 6.61 Å². The van der Waals surface area contributed by atoms with Crippen molar-refractivity contribution < 1.29 is 9.13 Å². The summed E-state index contributed by atoms with van der Waals surface area (Å²) < 4.78 is 19.9. The van der Waals surface area contributed by atoms with Crippen molar-refractivity contribution in [1.82, 2.24) is 0 Å². The summed E-state index contributed by atoms with van der Waals surface area (Å²) >= 11 is 6.53. The summed E-state index contributed by atoms with van der Waals surface area (Å²) in [5, 5.41) is 0. The number of rotatable bonds is 3. The molecule has 2 N–H and O–H groups in total. The maximum absolute atomic E-state index is 13.0.